The lowest BCUT2D eigenvalue weighted by Gasteiger charge is -2.12. The summed E-state index contributed by atoms with van der Waals surface area (Å²) < 4.78 is 0. The molecule has 0 spiro atoms. The van der Waals surface area contributed by atoms with Gasteiger partial charge in [-0.05, 0) is 24.4 Å². The first-order chi connectivity index (χ1) is 6.70. The molecule has 0 aromatic rings. The summed E-state index contributed by atoms with van der Waals surface area (Å²) in [5.74, 6) is 0. The molecule has 0 fully saturated rings. The SMILES string of the molecule is C=CCNC(=S)NNC(=S)NCC=C. The molecule has 0 aromatic heterocycles. The van der Waals surface area contributed by atoms with Crippen LogP contribution in [-0.4, -0.2) is 23.3 Å². The number of thiocarbonyl (C=S) groups is 2. The van der Waals surface area contributed by atoms with Gasteiger partial charge in [-0.15, -0.1) is 13.2 Å². The first kappa shape index (κ1) is 12.9. The molecule has 4 N–H and O–H groups in total. The zero-order valence-electron chi connectivity index (χ0n) is 7.80. The van der Waals surface area contributed by atoms with Crippen molar-refractivity contribution in [1.29, 1.82) is 0 Å². The second-order valence-electron chi connectivity index (χ2n) is 2.25. The minimum Gasteiger partial charge on any atom is -0.358 e. The number of hydrogen-bond donors (Lipinski definition) is 4. The van der Waals surface area contributed by atoms with E-state index in [-0.39, 0.29) is 0 Å². The Morgan fingerprint density at radius 3 is 1.57 bits per heavy atom. The monoisotopic (exact) mass is 230 g/mol. The lowest BCUT2D eigenvalue weighted by atomic mass is 10.6. The van der Waals surface area contributed by atoms with E-state index in [2.05, 4.69) is 34.6 Å². The molecule has 0 unspecified atom stereocenters. The largest absolute Gasteiger partial charge is 0.358 e. The van der Waals surface area contributed by atoms with Gasteiger partial charge in [-0.25, -0.2) is 0 Å². The van der Waals surface area contributed by atoms with Crippen LogP contribution < -0.4 is 21.5 Å². The standard InChI is InChI=1S/C8H14N4S2/c1-3-5-9-7(13)11-12-8(14)10-6-4-2/h3-4H,1-2,5-6H2,(H2,9,11,13)(H2,10,12,14). The Balaban J connectivity index is 3.50. The van der Waals surface area contributed by atoms with Crippen molar-refractivity contribution in [1.82, 2.24) is 21.5 Å². The molecule has 0 atom stereocenters. The maximum Gasteiger partial charge on any atom is 0.185 e. The van der Waals surface area contributed by atoms with Gasteiger partial charge in [0.2, 0.25) is 0 Å². The first-order valence-corrected chi connectivity index (χ1v) is 4.81. The summed E-state index contributed by atoms with van der Waals surface area (Å²) in [5.41, 5.74) is 5.42. The van der Waals surface area contributed by atoms with Crippen molar-refractivity contribution in [3.8, 4) is 0 Å². The Labute approximate surface area is 94.8 Å². The normalized spacial score (nSPS) is 8.29. The van der Waals surface area contributed by atoms with Crippen molar-refractivity contribution in [2.75, 3.05) is 13.1 Å². The summed E-state index contributed by atoms with van der Waals surface area (Å²) in [6, 6.07) is 0. The molecule has 0 heterocycles. The summed E-state index contributed by atoms with van der Waals surface area (Å²) in [7, 11) is 0. The van der Waals surface area contributed by atoms with Crippen LogP contribution in [-0.2, 0) is 0 Å². The molecule has 6 heteroatoms. The van der Waals surface area contributed by atoms with Gasteiger partial charge >= 0.3 is 0 Å². The van der Waals surface area contributed by atoms with E-state index in [1.54, 1.807) is 12.2 Å². The molecule has 0 saturated heterocycles. The Hall–Kier alpha value is -1.14. The van der Waals surface area contributed by atoms with Crippen molar-refractivity contribution in [3.63, 3.8) is 0 Å². The summed E-state index contributed by atoms with van der Waals surface area (Å²) in [5, 5.41) is 6.68. The minimum absolute atomic E-state index is 0.465. The molecular weight excluding hydrogens is 216 g/mol. The van der Waals surface area contributed by atoms with Crippen LogP contribution in [0.25, 0.3) is 0 Å². The Kier molecular flexibility index (Phi) is 7.77. The van der Waals surface area contributed by atoms with Gasteiger partial charge in [0.1, 0.15) is 0 Å². The van der Waals surface area contributed by atoms with E-state index < -0.39 is 0 Å². The Bertz CT molecular complexity index is 203. The van der Waals surface area contributed by atoms with Crippen LogP contribution >= 0.6 is 24.4 Å². The van der Waals surface area contributed by atoms with E-state index in [0.29, 0.717) is 23.3 Å². The molecule has 0 aromatic carbocycles. The average Bonchev–Trinajstić information content (AvgIpc) is 2.20. The van der Waals surface area contributed by atoms with Crippen molar-refractivity contribution in [2.45, 2.75) is 0 Å². The summed E-state index contributed by atoms with van der Waals surface area (Å²) in [4.78, 5) is 0. The van der Waals surface area contributed by atoms with E-state index in [4.69, 9.17) is 24.4 Å². The Morgan fingerprint density at radius 1 is 0.929 bits per heavy atom. The van der Waals surface area contributed by atoms with Gasteiger partial charge in [0.15, 0.2) is 10.2 Å². The number of nitrogens with one attached hydrogen (secondary N) is 4. The highest BCUT2D eigenvalue weighted by molar-refractivity contribution is 7.80. The van der Waals surface area contributed by atoms with E-state index in [0.717, 1.165) is 0 Å². The van der Waals surface area contributed by atoms with Crippen LogP contribution in [0.2, 0.25) is 0 Å². The quantitative estimate of drug-likeness (QED) is 0.314. The van der Waals surface area contributed by atoms with Crippen LogP contribution in [0.3, 0.4) is 0 Å². The van der Waals surface area contributed by atoms with E-state index in [1.807, 2.05) is 0 Å². The van der Waals surface area contributed by atoms with Crippen molar-refractivity contribution in [2.24, 2.45) is 0 Å². The maximum absolute atomic E-state index is 4.91. The van der Waals surface area contributed by atoms with Gasteiger partial charge in [0.25, 0.3) is 0 Å². The number of rotatable bonds is 4. The molecule has 0 rings (SSSR count). The van der Waals surface area contributed by atoms with E-state index in [1.165, 1.54) is 0 Å². The Morgan fingerprint density at radius 2 is 1.29 bits per heavy atom. The molecule has 0 aliphatic heterocycles. The second-order valence-corrected chi connectivity index (χ2v) is 3.06. The molecule has 0 amide bonds. The van der Waals surface area contributed by atoms with Crippen LogP contribution in [0.1, 0.15) is 0 Å². The van der Waals surface area contributed by atoms with Crippen molar-refractivity contribution >= 4 is 34.7 Å². The molecule has 0 aliphatic carbocycles. The molecule has 0 saturated carbocycles. The zero-order chi connectivity index (χ0) is 10.8. The molecule has 0 radical (unpaired) electrons. The summed E-state index contributed by atoms with van der Waals surface area (Å²) in [6.45, 7) is 8.32. The molecule has 78 valence electrons. The fourth-order valence-electron chi connectivity index (χ4n) is 0.532. The van der Waals surface area contributed by atoms with Gasteiger partial charge in [-0.3, -0.25) is 10.9 Å². The van der Waals surface area contributed by atoms with Crippen molar-refractivity contribution in [3.05, 3.63) is 25.3 Å². The molecule has 0 aliphatic rings. The molecule has 14 heavy (non-hydrogen) atoms. The molecule has 0 bridgehead atoms. The van der Waals surface area contributed by atoms with Gasteiger partial charge in [-0.1, -0.05) is 12.2 Å². The van der Waals surface area contributed by atoms with E-state index >= 15 is 0 Å². The van der Waals surface area contributed by atoms with Crippen LogP contribution in [0.4, 0.5) is 0 Å². The van der Waals surface area contributed by atoms with Gasteiger partial charge in [0.05, 0.1) is 0 Å². The smallest absolute Gasteiger partial charge is 0.185 e. The highest BCUT2D eigenvalue weighted by atomic mass is 32.1. The van der Waals surface area contributed by atoms with Crippen LogP contribution in [0.5, 0.6) is 0 Å². The highest BCUT2D eigenvalue weighted by Gasteiger charge is 1.93. The lowest BCUT2D eigenvalue weighted by Crippen LogP contribution is -2.50. The highest BCUT2D eigenvalue weighted by Crippen LogP contribution is 1.67. The second kappa shape index (κ2) is 8.46. The fraction of sp³-hybridized carbons (Fsp3) is 0.250. The summed E-state index contributed by atoms with van der Waals surface area (Å²) >= 11 is 9.82. The maximum atomic E-state index is 4.91. The fourth-order valence-corrected chi connectivity index (χ4v) is 0.800. The van der Waals surface area contributed by atoms with Gasteiger partial charge in [0, 0.05) is 13.1 Å². The first-order valence-electron chi connectivity index (χ1n) is 4.00. The van der Waals surface area contributed by atoms with Crippen LogP contribution in [0.15, 0.2) is 25.3 Å². The predicted octanol–water partition coefficient (Wildman–Crippen LogP) is 0.202. The van der Waals surface area contributed by atoms with Crippen molar-refractivity contribution < 1.29 is 0 Å². The molecular formula is C8H14N4S2. The topological polar surface area (TPSA) is 48.1 Å². The third kappa shape index (κ3) is 7.51. The summed E-state index contributed by atoms with van der Waals surface area (Å²) in [6.07, 6.45) is 3.42. The average molecular weight is 230 g/mol. The third-order valence-corrected chi connectivity index (χ3v) is 1.60. The molecule has 4 nitrogen and oxygen atoms in total. The lowest BCUT2D eigenvalue weighted by molar-refractivity contribution is 0.808. The van der Waals surface area contributed by atoms with Gasteiger partial charge < -0.3 is 10.6 Å². The third-order valence-electron chi connectivity index (χ3n) is 1.10. The zero-order valence-corrected chi connectivity index (χ0v) is 9.43. The number of hydrazine groups is 1. The van der Waals surface area contributed by atoms with Gasteiger partial charge in [-0.2, -0.15) is 0 Å². The van der Waals surface area contributed by atoms with E-state index in [9.17, 15) is 0 Å². The predicted molar refractivity (Wildman–Crippen MR) is 67.9 cm³/mol. The van der Waals surface area contributed by atoms with Crippen LogP contribution in [0, 0.1) is 0 Å². The minimum atomic E-state index is 0.465. The number of hydrogen-bond acceptors (Lipinski definition) is 2.